The molecule has 0 fully saturated rings. The van der Waals surface area contributed by atoms with Gasteiger partial charge in [-0.2, -0.15) is 0 Å². The van der Waals surface area contributed by atoms with Crippen molar-refractivity contribution in [3.8, 4) is 5.88 Å². The molecular weight excluding hydrogens is 306 g/mol. The first-order chi connectivity index (χ1) is 10.1. The third-order valence-electron chi connectivity index (χ3n) is 3.53. The topological polar surface area (TPSA) is 62.5 Å². The second-order valence-corrected chi connectivity index (χ2v) is 6.84. The molecule has 1 rings (SSSR count). The Hall–Kier alpha value is -0.880. The first-order valence-corrected chi connectivity index (χ1v) is 8.99. The number of aromatic hydroxyl groups is 1. The smallest absolute Gasteiger partial charge is 0.303 e. The van der Waals surface area contributed by atoms with E-state index in [4.69, 9.17) is 17.3 Å². The van der Waals surface area contributed by atoms with Gasteiger partial charge < -0.3 is 10.2 Å². The molecule has 1 aromatic rings. The van der Waals surface area contributed by atoms with Crippen molar-refractivity contribution < 1.29 is 15.0 Å². The van der Waals surface area contributed by atoms with E-state index in [0.29, 0.717) is 6.42 Å². The van der Waals surface area contributed by atoms with Crippen LogP contribution in [0.1, 0.15) is 64.2 Å². The summed E-state index contributed by atoms with van der Waals surface area (Å²) in [6.07, 6.45) is 10.4. The van der Waals surface area contributed by atoms with Crippen LogP contribution in [0.25, 0.3) is 0 Å². The second kappa shape index (κ2) is 10.8. The number of rotatable bonds is 12. The largest absolute Gasteiger partial charge is 0.494 e. The summed E-state index contributed by atoms with van der Waals surface area (Å²) in [5.74, 6) is -0.405. The molecule has 0 unspecified atom stereocenters. The second-order valence-electron chi connectivity index (χ2n) is 5.34. The minimum absolute atomic E-state index is 0.284. The Bertz CT molecular complexity index is 468. The Balaban J connectivity index is 1.89. The molecule has 2 N–H and O–H groups in total. The molecule has 1 heterocycles. The van der Waals surface area contributed by atoms with Crippen LogP contribution in [-0.4, -0.2) is 20.7 Å². The van der Waals surface area contributed by atoms with Gasteiger partial charge in [0.05, 0.1) is 5.38 Å². The Morgan fingerprint density at radius 2 is 1.57 bits per heavy atom. The average Bonchev–Trinajstić information content (AvgIpc) is 2.75. The van der Waals surface area contributed by atoms with Crippen molar-refractivity contribution in [3.05, 3.63) is 9.33 Å². The highest BCUT2D eigenvalue weighted by molar-refractivity contribution is 7.73. The van der Waals surface area contributed by atoms with Crippen molar-refractivity contribution in [2.24, 2.45) is 0 Å². The number of aliphatic carboxylic acids is 1. The SMILES string of the molecule is O=C(O)CCCCCCCCCCCn1c(O)csc1=S. The van der Waals surface area contributed by atoms with Gasteiger partial charge in [0.15, 0.2) is 3.95 Å². The average molecular weight is 332 g/mol. The normalized spacial score (nSPS) is 10.9. The molecule has 0 aromatic carbocycles. The molecule has 21 heavy (non-hydrogen) atoms. The Morgan fingerprint density at radius 3 is 2.05 bits per heavy atom. The highest BCUT2D eigenvalue weighted by Gasteiger charge is 2.01. The molecule has 0 amide bonds. The summed E-state index contributed by atoms with van der Waals surface area (Å²) in [6.45, 7) is 0.809. The summed E-state index contributed by atoms with van der Waals surface area (Å²) in [5, 5.41) is 19.8. The number of hydrogen-bond donors (Lipinski definition) is 2. The summed E-state index contributed by atoms with van der Waals surface area (Å²) in [4.78, 5) is 10.3. The summed E-state index contributed by atoms with van der Waals surface area (Å²) >= 11 is 6.55. The molecule has 0 spiro atoms. The first-order valence-electron chi connectivity index (χ1n) is 7.70. The quantitative estimate of drug-likeness (QED) is 0.419. The molecule has 0 saturated heterocycles. The molecule has 4 nitrogen and oxygen atoms in total. The molecule has 0 saturated carbocycles. The van der Waals surface area contributed by atoms with E-state index in [9.17, 15) is 9.90 Å². The zero-order valence-corrected chi connectivity index (χ0v) is 14.1. The van der Waals surface area contributed by atoms with Gasteiger partial charge in [-0.1, -0.05) is 44.9 Å². The Morgan fingerprint density at radius 1 is 1.05 bits per heavy atom. The molecule has 0 atom stereocenters. The number of hydrogen-bond acceptors (Lipinski definition) is 4. The van der Waals surface area contributed by atoms with Crippen molar-refractivity contribution in [2.45, 2.75) is 70.8 Å². The van der Waals surface area contributed by atoms with Gasteiger partial charge >= 0.3 is 5.97 Å². The maximum absolute atomic E-state index is 10.3. The lowest BCUT2D eigenvalue weighted by Crippen LogP contribution is -1.96. The molecule has 0 bridgehead atoms. The molecular formula is C15H25NO3S2. The molecule has 6 heteroatoms. The van der Waals surface area contributed by atoms with E-state index in [1.807, 2.05) is 0 Å². The number of carboxylic acid groups (broad SMARTS) is 1. The number of carbonyl (C=O) groups is 1. The number of nitrogens with zero attached hydrogens (tertiary/aromatic N) is 1. The predicted octanol–water partition coefficient (Wildman–Crippen LogP) is 4.97. The van der Waals surface area contributed by atoms with Gasteiger partial charge in [-0.25, -0.2) is 0 Å². The van der Waals surface area contributed by atoms with E-state index in [2.05, 4.69) is 0 Å². The molecule has 0 aliphatic heterocycles. The Kier molecular flexibility index (Phi) is 9.34. The van der Waals surface area contributed by atoms with Crippen molar-refractivity contribution in [1.82, 2.24) is 4.57 Å². The maximum atomic E-state index is 10.3. The number of unbranched alkanes of at least 4 members (excludes halogenated alkanes) is 8. The highest BCUT2D eigenvalue weighted by atomic mass is 32.1. The van der Waals surface area contributed by atoms with Gasteiger partial charge in [0.2, 0.25) is 5.88 Å². The number of thiazole rings is 1. The van der Waals surface area contributed by atoms with Gasteiger partial charge in [0.25, 0.3) is 0 Å². The zero-order chi connectivity index (χ0) is 15.5. The van der Waals surface area contributed by atoms with Crippen LogP contribution in [0.2, 0.25) is 0 Å². The number of carboxylic acids is 1. The lowest BCUT2D eigenvalue weighted by atomic mass is 10.1. The minimum Gasteiger partial charge on any atom is -0.494 e. The van der Waals surface area contributed by atoms with Crippen LogP contribution in [0.4, 0.5) is 0 Å². The van der Waals surface area contributed by atoms with E-state index in [1.54, 1.807) is 9.95 Å². The fourth-order valence-electron chi connectivity index (χ4n) is 2.31. The molecule has 1 aromatic heterocycles. The molecule has 0 aliphatic rings. The standard InChI is InChI=1S/C15H25NO3S2/c17-13-12-21-15(20)16(13)11-9-7-5-3-1-2-4-6-8-10-14(18)19/h12,17H,1-11H2,(H,18,19). The summed E-state index contributed by atoms with van der Waals surface area (Å²) < 4.78 is 2.54. The lowest BCUT2D eigenvalue weighted by molar-refractivity contribution is -0.137. The van der Waals surface area contributed by atoms with Crippen LogP contribution in [0.3, 0.4) is 0 Å². The predicted molar refractivity (Wildman–Crippen MR) is 88.6 cm³/mol. The monoisotopic (exact) mass is 331 g/mol. The van der Waals surface area contributed by atoms with Crippen LogP contribution in [0, 0.1) is 3.95 Å². The van der Waals surface area contributed by atoms with Crippen LogP contribution in [0.5, 0.6) is 5.88 Å². The van der Waals surface area contributed by atoms with E-state index in [1.165, 1.54) is 37.0 Å². The van der Waals surface area contributed by atoms with Gasteiger partial charge in [-0.05, 0) is 25.1 Å². The van der Waals surface area contributed by atoms with Crippen LogP contribution < -0.4 is 0 Å². The summed E-state index contributed by atoms with van der Waals surface area (Å²) in [7, 11) is 0. The first kappa shape index (κ1) is 18.2. The van der Waals surface area contributed by atoms with Crippen molar-refractivity contribution in [2.75, 3.05) is 0 Å². The molecule has 120 valence electrons. The van der Waals surface area contributed by atoms with Gasteiger partial charge in [0, 0.05) is 13.0 Å². The van der Waals surface area contributed by atoms with Crippen molar-refractivity contribution >= 4 is 29.5 Å². The third kappa shape index (κ3) is 8.21. The third-order valence-corrected chi connectivity index (χ3v) is 4.79. The van der Waals surface area contributed by atoms with E-state index in [0.717, 1.165) is 42.6 Å². The maximum Gasteiger partial charge on any atom is 0.303 e. The minimum atomic E-state index is -0.688. The van der Waals surface area contributed by atoms with Gasteiger partial charge in [0.1, 0.15) is 0 Å². The van der Waals surface area contributed by atoms with Gasteiger partial charge in [-0.3, -0.25) is 9.36 Å². The fourth-order valence-corrected chi connectivity index (χ4v) is 3.29. The van der Waals surface area contributed by atoms with E-state index < -0.39 is 5.97 Å². The lowest BCUT2D eigenvalue weighted by Gasteiger charge is -2.04. The van der Waals surface area contributed by atoms with E-state index in [-0.39, 0.29) is 5.88 Å². The molecule has 0 aliphatic carbocycles. The van der Waals surface area contributed by atoms with Crippen LogP contribution >= 0.6 is 23.6 Å². The summed E-state index contributed by atoms with van der Waals surface area (Å²) in [6, 6.07) is 0. The van der Waals surface area contributed by atoms with Crippen molar-refractivity contribution in [3.63, 3.8) is 0 Å². The Labute approximate surface area is 135 Å². The number of aromatic nitrogens is 1. The highest BCUT2D eigenvalue weighted by Crippen LogP contribution is 2.18. The van der Waals surface area contributed by atoms with Crippen LogP contribution in [0.15, 0.2) is 5.38 Å². The fraction of sp³-hybridized carbons (Fsp3) is 0.733. The molecule has 0 radical (unpaired) electrons. The van der Waals surface area contributed by atoms with Gasteiger partial charge in [-0.15, -0.1) is 11.3 Å². The van der Waals surface area contributed by atoms with Crippen molar-refractivity contribution in [1.29, 1.82) is 0 Å². The zero-order valence-electron chi connectivity index (χ0n) is 12.4. The summed E-state index contributed by atoms with van der Waals surface area (Å²) in [5.41, 5.74) is 0. The van der Waals surface area contributed by atoms with Crippen LogP contribution in [-0.2, 0) is 11.3 Å². The van der Waals surface area contributed by atoms with E-state index >= 15 is 0 Å².